The number of nitrogens with zero attached hydrogens (tertiary/aromatic N) is 4. The Bertz CT molecular complexity index is 950. The Hall–Kier alpha value is -3.00. The number of aromatic nitrogens is 3. The fourth-order valence-corrected chi connectivity index (χ4v) is 3.18. The highest BCUT2D eigenvalue weighted by molar-refractivity contribution is 7.99. The number of carbonyl (C=O) groups excluding carboxylic acids is 1. The van der Waals surface area contributed by atoms with E-state index in [0.29, 0.717) is 16.5 Å². The Balaban J connectivity index is 1.71. The van der Waals surface area contributed by atoms with Crippen LogP contribution in [0.2, 0.25) is 0 Å². The van der Waals surface area contributed by atoms with E-state index in [1.54, 1.807) is 23.7 Å². The van der Waals surface area contributed by atoms with Gasteiger partial charge < -0.3 is 4.57 Å². The summed E-state index contributed by atoms with van der Waals surface area (Å²) in [6.45, 7) is 1.97. The van der Waals surface area contributed by atoms with Gasteiger partial charge in [-0.3, -0.25) is 14.9 Å². The third kappa shape index (κ3) is 3.80. The van der Waals surface area contributed by atoms with E-state index < -0.39 is 4.92 Å². The Labute approximate surface area is 154 Å². The second kappa shape index (κ2) is 7.49. The Morgan fingerprint density at radius 1 is 1.12 bits per heavy atom. The molecular weight excluding hydrogens is 352 g/mol. The molecule has 0 bridgehead atoms. The van der Waals surface area contributed by atoms with Crippen LogP contribution in [0.15, 0.2) is 53.7 Å². The van der Waals surface area contributed by atoms with E-state index in [4.69, 9.17) is 0 Å². The van der Waals surface area contributed by atoms with Crippen molar-refractivity contribution in [1.29, 1.82) is 0 Å². The Morgan fingerprint density at radius 2 is 1.77 bits per heavy atom. The maximum absolute atomic E-state index is 12.3. The lowest BCUT2D eigenvalue weighted by molar-refractivity contribution is -0.384. The minimum Gasteiger partial charge on any atom is -0.305 e. The molecule has 0 aliphatic rings. The molecule has 26 heavy (non-hydrogen) atoms. The molecule has 132 valence electrons. The summed E-state index contributed by atoms with van der Waals surface area (Å²) < 4.78 is 1.77. The van der Waals surface area contributed by atoms with Gasteiger partial charge in [0, 0.05) is 30.3 Å². The van der Waals surface area contributed by atoms with Crippen LogP contribution in [0.1, 0.15) is 15.9 Å². The number of hydrogen-bond donors (Lipinski definition) is 0. The highest BCUT2D eigenvalue weighted by Gasteiger charge is 2.15. The van der Waals surface area contributed by atoms with Crippen molar-refractivity contribution in [1.82, 2.24) is 14.8 Å². The summed E-state index contributed by atoms with van der Waals surface area (Å²) in [4.78, 5) is 22.6. The summed E-state index contributed by atoms with van der Waals surface area (Å²) in [7, 11) is 1.80. The monoisotopic (exact) mass is 368 g/mol. The number of nitro groups is 1. The molecule has 0 unspecified atom stereocenters. The van der Waals surface area contributed by atoms with E-state index >= 15 is 0 Å². The van der Waals surface area contributed by atoms with Crippen molar-refractivity contribution >= 4 is 23.2 Å². The molecule has 2 aromatic carbocycles. The lowest BCUT2D eigenvalue weighted by atomic mass is 10.1. The fourth-order valence-electron chi connectivity index (χ4n) is 2.38. The zero-order valence-corrected chi connectivity index (χ0v) is 15.1. The molecule has 0 radical (unpaired) electrons. The molecule has 1 aromatic heterocycles. The van der Waals surface area contributed by atoms with E-state index in [-0.39, 0.29) is 17.2 Å². The molecule has 0 atom stereocenters. The number of aryl methyl sites for hydroxylation is 1. The number of hydrogen-bond acceptors (Lipinski definition) is 6. The summed E-state index contributed by atoms with van der Waals surface area (Å²) in [5, 5.41) is 19.6. The van der Waals surface area contributed by atoms with Crippen LogP contribution < -0.4 is 0 Å². The van der Waals surface area contributed by atoms with Gasteiger partial charge in [-0.05, 0) is 19.1 Å². The normalized spacial score (nSPS) is 10.7. The molecule has 0 N–H and O–H groups in total. The summed E-state index contributed by atoms with van der Waals surface area (Å²) in [5.41, 5.74) is 2.52. The van der Waals surface area contributed by atoms with Crippen molar-refractivity contribution in [3.05, 3.63) is 69.8 Å². The molecule has 0 amide bonds. The second-order valence-electron chi connectivity index (χ2n) is 5.75. The highest BCUT2D eigenvalue weighted by Crippen LogP contribution is 2.25. The predicted molar refractivity (Wildman–Crippen MR) is 99.3 cm³/mol. The summed E-state index contributed by atoms with van der Waals surface area (Å²) in [5.74, 6) is 0.870. The number of rotatable bonds is 6. The second-order valence-corrected chi connectivity index (χ2v) is 6.69. The van der Waals surface area contributed by atoms with Crippen LogP contribution in [-0.2, 0) is 7.05 Å². The van der Waals surface area contributed by atoms with Gasteiger partial charge in [0.1, 0.15) is 0 Å². The SMILES string of the molecule is Cc1ccc(C(=O)CSc2nnc(-c3ccc([N+](=O)[O-])cc3)n2C)cc1. The standard InChI is InChI=1S/C18H16N4O3S/c1-12-3-5-13(6-4-12)16(23)11-26-18-20-19-17(21(18)2)14-7-9-15(10-8-14)22(24)25/h3-10H,11H2,1-2H3. The van der Waals surface area contributed by atoms with Crippen LogP contribution in [0.5, 0.6) is 0 Å². The summed E-state index contributed by atoms with van der Waals surface area (Å²) in [6, 6.07) is 13.6. The van der Waals surface area contributed by atoms with Gasteiger partial charge in [0.2, 0.25) is 0 Å². The minimum atomic E-state index is -0.446. The Kier molecular flexibility index (Phi) is 5.13. The van der Waals surface area contributed by atoms with E-state index in [1.165, 1.54) is 23.9 Å². The molecule has 3 aromatic rings. The van der Waals surface area contributed by atoms with Crippen molar-refractivity contribution in [2.24, 2.45) is 7.05 Å². The number of carbonyl (C=O) groups is 1. The number of ketones is 1. The molecule has 8 heteroatoms. The van der Waals surface area contributed by atoms with Gasteiger partial charge in [-0.25, -0.2) is 0 Å². The third-order valence-electron chi connectivity index (χ3n) is 3.88. The molecule has 0 aliphatic carbocycles. The first-order valence-corrected chi connectivity index (χ1v) is 8.81. The molecule has 0 saturated carbocycles. The van der Waals surface area contributed by atoms with Crippen LogP contribution in [0.3, 0.4) is 0 Å². The number of nitro benzene ring substituents is 1. The summed E-state index contributed by atoms with van der Waals surface area (Å²) in [6.07, 6.45) is 0. The largest absolute Gasteiger partial charge is 0.305 e. The molecule has 0 fully saturated rings. The topological polar surface area (TPSA) is 90.9 Å². The van der Waals surface area contributed by atoms with E-state index in [1.807, 2.05) is 31.2 Å². The maximum atomic E-state index is 12.3. The first kappa shape index (κ1) is 17.8. The number of Topliss-reactive ketones (excluding diaryl/α,β-unsaturated/α-hetero) is 1. The average Bonchev–Trinajstić information content (AvgIpc) is 3.01. The highest BCUT2D eigenvalue weighted by atomic mass is 32.2. The van der Waals surface area contributed by atoms with Gasteiger partial charge in [0.15, 0.2) is 16.8 Å². The average molecular weight is 368 g/mol. The lowest BCUT2D eigenvalue weighted by Crippen LogP contribution is -2.04. The van der Waals surface area contributed by atoms with Crippen molar-refractivity contribution in [2.45, 2.75) is 12.1 Å². The smallest absolute Gasteiger partial charge is 0.269 e. The molecule has 0 spiro atoms. The minimum absolute atomic E-state index is 0.0224. The van der Waals surface area contributed by atoms with Crippen LogP contribution in [-0.4, -0.2) is 31.2 Å². The molecule has 7 nitrogen and oxygen atoms in total. The first-order valence-electron chi connectivity index (χ1n) is 7.82. The molecule has 0 aliphatic heterocycles. The number of thioether (sulfide) groups is 1. The van der Waals surface area contributed by atoms with Crippen molar-refractivity contribution in [3.8, 4) is 11.4 Å². The third-order valence-corrected chi connectivity index (χ3v) is 4.90. The van der Waals surface area contributed by atoms with Gasteiger partial charge in [0.25, 0.3) is 5.69 Å². The molecule has 3 rings (SSSR count). The Morgan fingerprint density at radius 3 is 2.38 bits per heavy atom. The quantitative estimate of drug-likeness (QED) is 0.285. The molecule has 0 saturated heterocycles. The van der Waals surface area contributed by atoms with Crippen LogP contribution in [0.25, 0.3) is 11.4 Å². The zero-order chi connectivity index (χ0) is 18.7. The van der Waals surface area contributed by atoms with Crippen molar-refractivity contribution in [3.63, 3.8) is 0 Å². The zero-order valence-electron chi connectivity index (χ0n) is 14.2. The number of benzene rings is 2. The van der Waals surface area contributed by atoms with Crippen LogP contribution in [0.4, 0.5) is 5.69 Å². The lowest BCUT2D eigenvalue weighted by Gasteiger charge is -2.04. The van der Waals surface area contributed by atoms with Crippen molar-refractivity contribution < 1.29 is 9.72 Å². The van der Waals surface area contributed by atoms with Crippen molar-refractivity contribution in [2.75, 3.05) is 5.75 Å². The van der Waals surface area contributed by atoms with Gasteiger partial charge in [0.05, 0.1) is 10.7 Å². The van der Waals surface area contributed by atoms with Crippen LogP contribution >= 0.6 is 11.8 Å². The number of non-ortho nitro benzene ring substituents is 1. The molecular formula is C18H16N4O3S. The van der Waals surface area contributed by atoms with Gasteiger partial charge >= 0.3 is 0 Å². The fraction of sp³-hybridized carbons (Fsp3) is 0.167. The summed E-state index contributed by atoms with van der Waals surface area (Å²) >= 11 is 1.31. The molecule has 1 heterocycles. The van der Waals surface area contributed by atoms with Gasteiger partial charge in [-0.1, -0.05) is 41.6 Å². The van der Waals surface area contributed by atoms with E-state index in [0.717, 1.165) is 11.1 Å². The van der Waals surface area contributed by atoms with Crippen LogP contribution in [0, 0.1) is 17.0 Å². The van der Waals surface area contributed by atoms with Gasteiger partial charge in [-0.15, -0.1) is 10.2 Å². The van der Waals surface area contributed by atoms with E-state index in [2.05, 4.69) is 10.2 Å². The predicted octanol–water partition coefficient (Wildman–Crippen LogP) is 3.67. The maximum Gasteiger partial charge on any atom is 0.269 e. The van der Waals surface area contributed by atoms with E-state index in [9.17, 15) is 14.9 Å². The first-order chi connectivity index (χ1) is 12.5. The van der Waals surface area contributed by atoms with Gasteiger partial charge in [-0.2, -0.15) is 0 Å².